The maximum atomic E-state index is 10.8. The zero-order chi connectivity index (χ0) is 13.2. The minimum absolute atomic E-state index is 0.456. The SMILES string of the molecule is CC(C)CC1CCCC(O)(Cc2cc(Br)cs2)C1. The molecule has 0 aromatic carbocycles. The highest BCUT2D eigenvalue weighted by Crippen LogP contribution is 2.38. The summed E-state index contributed by atoms with van der Waals surface area (Å²) >= 11 is 5.24. The van der Waals surface area contributed by atoms with Crippen molar-refractivity contribution in [3.05, 3.63) is 20.8 Å². The second-order valence-electron chi connectivity index (χ2n) is 6.22. The average Bonchev–Trinajstić information content (AvgIpc) is 2.62. The van der Waals surface area contributed by atoms with Gasteiger partial charge in [0.1, 0.15) is 0 Å². The van der Waals surface area contributed by atoms with Crippen molar-refractivity contribution >= 4 is 27.3 Å². The van der Waals surface area contributed by atoms with E-state index in [1.807, 2.05) is 0 Å². The van der Waals surface area contributed by atoms with Crippen LogP contribution in [0.2, 0.25) is 0 Å². The zero-order valence-electron chi connectivity index (χ0n) is 11.3. The van der Waals surface area contributed by atoms with Gasteiger partial charge in [0.2, 0.25) is 0 Å². The Morgan fingerprint density at radius 3 is 2.94 bits per heavy atom. The first-order chi connectivity index (χ1) is 8.47. The number of halogens is 1. The molecule has 18 heavy (non-hydrogen) atoms. The normalized spacial score (nSPS) is 28.8. The van der Waals surface area contributed by atoms with E-state index in [0.717, 1.165) is 29.7 Å². The van der Waals surface area contributed by atoms with Crippen LogP contribution in [0.1, 0.15) is 50.8 Å². The Bertz CT molecular complexity index is 388. The van der Waals surface area contributed by atoms with E-state index in [2.05, 4.69) is 41.2 Å². The third-order valence-electron chi connectivity index (χ3n) is 3.85. The molecule has 1 aromatic rings. The number of hydrogen-bond acceptors (Lipinski definition) is 2. The van der Waals surface area contributed by atoms with Crippen LogP contribution in [0.25, 0.3) is 0 Å². The van der Waals surface area contributed by atoms with Gasteiger partial charge in [0.15, 0.2) is 0 Å². The Morgan fingerprint density at radius 2 is 2.33 bits per heavy atom. The third kappa shape index (κ3) is 4.07. The molecule has 3 heteroatoms. The van der Waals surface area contributed by atoms with Gasteiger partial charge in [0.05, 0.1) is 5.60 Å². The number of rotatable bonds is 4. The molecule has 0 amide bonds. The second-order valence-corrected chi connectivity index (χ2v) is 8.14. The minimum Gasteiger partial charge on any atom is -0.390 e. The van der Waals surface area contributed by atoms with Gasteiger partial charge in [-0.1, -0.05) is 26.7 Å². The van der Waals surface area contributed by atoms with Crippen molar-refractivity contribution in [3.8, 4) is 0 Å². The molecule has 2 unspecified atom stereocenters. The molecule has 0 bridgehead atoms. The molecule has 1 aliphatic carbocycles. The molecule has 1 saturated carbocycles. The van der Waals surface area contributed by atoms with Crippen LogP contribution in [0, 0.1) is 11.8 Å². The van der Waals surface area contributed by atoms with Crippen LogP contribution in [-0.4, -0.2) is 10.7 Å². The third-order valence-corrected chi connectivity index (χ3v) is 5.55. The fraction of sp³-hybridized carbons (Fsp3) is 0.733. The Morgan fingerprint density at radius 1 is 1.56 bits per heavy atom. The van der Waals surface area contributed by atoms with Gasteiger partial charge in [0.25, 0.3) is 0 Å². The van der Waals surface area contributed by atoms with Crippen LogP contribution in [0.5, 0.6) is 0 Å². The van der Waals surface area contributed by atoms with Gasteiger partial charge in [-0.05, 0) is 53.1 Å². The molecule has 0 aliphatic heterocycles. The van der Waals surface area contributed by atoms with Crippen molar-refractivity contribution in [2.45, 2.75) is 58.0 Å². The van der Waals surface area contributed by atoms with Crippen LogP contribution < -0.4 is 0 Å². The molecule has 2 rings (SSSR count). The predicted molar refractivity (Wildman–Crippen MR) is 82.1 cm³/mol. The van der Waals surface area contributed by atoms with Gasteiger partial charge >= 0.3 is 0 Å². The molecule has 1 heterocycles. The molecule has 0 saturated heterocycles. The van der Waals surface area contributed by atoms with E-state index < -0.39 is 5.60 Å². The Hall–Kier alpha value is 0.140. The average molecular weight is 331 g/mol. The van der Waals surface area contributed by atoms with E-state index in [9.17, 15) is 5.11 Å². The zero-order valence-corrected chi connectivity index (χ0v) is 13.7. The fourth-order valence-corrected chi connectivity index (χ4v) is 4.85. The van der Waals surface area contributed by atoms with Gasteiger partial charge in [0, 0.05) is 21.2 Å². The molecule has 1 aromatic heterocycles. The van der Waals surface area contributed by atoms with E-state index in [1.165, 1.54) is 24.1 Å². The topological polar surface area (TPSA) is 20.2 Å². The Kier molecular flexibility index (Phi) is 4.90. The van der Waals surface area contributed by atoms with Crippen LogP contribution in [0.15, 0.2) is 15.9 Å². The lowest BCUT2D eigenvalue weighted by Crippen LogP contribution is -2.37. The highest BCUT2D eigenvalue weighted by Gasteiger charge is 2.34. The molecular formula is C15H23BrOS. The van der Waals surface area contributed by atoms with Crippen molar-refractivity contribution in [2.75, 3.05) is 0 Å². The Balaban J connectivity index is 1.97. The summed E-state index contributed by atoms with van der Waals surface area (Å²) in [7, 11) is 0. The van der Waals surface area contributed by atoms with Crippen LogP contribution in [0.4, 0.5) is 0 Å². The van der Waals surface area contributed by atoms with Gasteiger partial charge in [-0.2, -0.15) is 0 Å². The monoisotopic (exact) mass is 330 g/mol. The molecule has 1 N–H and O–H groups in total. The lowest BCUT2D eigenvalue weighted by atomic mass is 9.73. The summed E-state index contributed by atoms with van der Waals surface area (Å²) in [6, 6.07) is 2.15. The van der Waals surface area contributed by atoms with E-state index in [4.69, 9.17) is 0 Å². The molecule has 2 atom stereocenters. The van der Waals surface area contributed by atoms with E-state index >= 15 is 0 Å². The summed E-state index contributed by atoms with van der Waals surface area (Å²) in [4.78, 5) is 1.30. The van der Waals surface area contributed by atoms with Gasteiger partial charge in [-0.3, -0.25) is 0 Å². The van der Waals surface area contributed by atoms with Crippen molar-refractivity contribution in [2.24, 2.45) is 11.8 Å². The van der Waals surface area contributed by atoms with E-state index in [1.54, 1.807) is 11.3 Å². The quantitative estimate of drug-likeness (QED) is 0.821. The number of hydrogen-bond donors (Lipinski definition) is 1. The van der Waals surface area contributed by atoms with Crippen LogP contribution in [-0.2, 0) is 6.42 Å². The molecular weight excluding hydrogens is 308 g/mol. The first-order valence-corrected chi connectivity index (χ1v) is 8.59. The van der Waals surface area contributed by atoms with Crippen molar-refractivity contribution < 1.29 is 5.11 Å². The smallest absolute Gasteiger partial charge is 0.0698 e. The summed E-state index contributed by atoms with van der Waals surface area (Å²) in [6.45, 7) is 4.56. The van der Waals surface area contributed by atoms with Gasteiger partial charge in [-0.25, -0.2) is 0 Å². The first-order valence-electron chi connectivity index (χ1n) is 6.92. The second kappa shape index (κ2) is 6.06. The summed E-state index contributed by atoms with van der Waals surface area (Å²) < 4.78 is 1.14. The van der Waals surface area contributed by atoms with Gasteiger partial charge < -0.3 is 5.11 Å². The maximum absolute atomic E-state index is 10.8. The van der Waals surface area contributed by atoms with Crippen LogP contribution >= 0.6 is 27.3 Å². The molecule has 1 fully saturated rings. The molecule has 0 spiro atoms. The maximum Gasteiger partial charge on any atom is 0.0698 e. The number of thiophene rings is 1. The molecule has 102 valence electrons. The highest BCUT2D eigenvalue weighted by molar-refractivity contribution is 9.10. The van der Waals surface area contributed by atoms with E-state index in [-0.39, 0.29) is 0 Å². The van der Waals surface area contributed by atoms with Crippen LogP contribution in [0.3, 0.4) is 0 Å². The highest BCUT2D eigenvalue weighted by atomic mass is 79.9. The summed E-state index contributed by atoms with van der Waals surface area (Å²) in [6.07, 6.45) is 6.53. The van der Waals surface area contributed by atoms with Crippen molar-refractivity contribution in [3.63, 3.8) is 0 Å². The number of aliphatic hydroxyl groups is 1. The fourth-order valence-electron chi connectivity index (χ4n) is 3.26. The molecule has 0 radical (unpaired) electrons. The largest absolute Gasteiger partial charge is 0.390 e. The lowest BCUT2D eigenvalue weighted by Gasteiger charge is -2.37. The van der Waals surface area contributed by atoms with Crippen molar-refractivity contribution in [1.82, 2.24) is 0 Å². The van der Waals surface area contributed by atoms with Crippen molar-refractivity contribution in [1.29, 1.82) is 0 Å². The minimum atomic E-state index is -0.456. The summed E-state index contributed by atoms with van der Waals surface area (Å²) in [5, 5.41) is 12.9. The molecule has 1 nitrogen and oxygen atoms in total. The first kappa shape index (κ1) is 14.5. The summed E-state index contributed by atoms with van der Waals surface area (Å²) in [5.41, 5.74) is -0.456. The Labute approximate surface area is 123 Å². The molecule has 1 aliphatic rings. The van der Waals surface area contributed by atoms with E-state index in [0.29, 0.717) is 5.92 Å². The standard InChI is InChI=1S/C15H23BrOS/c1-11(2)6-12-4-3-5-15(17,8-12)9-14-7-13(16)10-18-14/h7,10-12,17H,3-6,8-9H2,1-2H3. The lowest BCUT2D eigenvalue weighted by molar-refractivity contribution is -0.0183. The predicted octanol–water partition coefficient (Wildman–Crippen LogP) is 5.02. The summed E-state index contributed by atoms with van der Waals surface area (Å²) in [5.74, 6) is 1.46. The van der Waals surface area contributed by atoms with Gasteiger partial charge in [-0.15, -0.1) is 11.3 Å².